The summed E-state index contributed by atoms with van der Waals surface area (Å²) in [6.07, 6.45) is -0.405. The van der Waals surface area contributed by atoms with Gasteiger partial charge in [0.1, 0.15) is 11.1 Å². The van der Waals surface area contributed by atoms with Crippen molar-refractivity contribution in [3.63, 3.8) is 0 Å². The summed E-state index contributed by atoms with van der Waals surface area (Å²) >= 11 is 1.42. The van der Waals surface area contributed by atoms with Gasteiger partial charge in [0, 0.05) is 35.0 Å². The summed E-state index contributed by atoms with van der Waals surface area (Å²) in [6, 6.07) is 4.89. The lowest BCUT2D eigenvalue weighted by Crippen LogP contribution is -2.46. The highest BCUT2D eigenvalue weighted by Gasteiger charge is 2.34. The predicted octanol–water partition coefficient (Wildman–Crippen LogP) is 2.77. The average molecular weight is 379 g/mol. The van der Waals surface area contributed by atoms with Gasteiger partial charge in [-0.05, 0) is 19.5 Å². The van der Waals surface area contributed by atoms with Crippen molar-refractivity contribution in [1.29, 1.82) is 0 Å². The molecule has 0 amide bonds. The molecule has 0 saturated carbocycles. The first kappa shape index (κ1) is 16.7. The highest BCUT2D eigenvalue weighted by molar-refractivity contribution is 7.95. The molecule has 1 aromatic heterocycles. The van der Waals surface area contributed by atoms with Gasteiger partial charge in [0.15, 0.2) is 0 Å². The first-order valence-corrected chi connectivity index (χ1v) is 10.5. The molecule has 0 unspecified atom stereocenters. The van der Waals surface area contributed by atoms with Gasteiger partial charge in [-0.1, -0.05) is 12.1 Å². The number of anilines is 1. The third kappa shape index (κ3) is 2.98. The summed E-state index contributed by atoms with van der Waals surface area (Å²) in [5.74, 6) is 0. The lowest BCUT2D eigenvalue weighted by molar-refractivity contribution is 0.149. The van der Waals surface area contributed by atoms with Crippen molar-refractivity contribution in [3.8, 4) is 0 Å². The molecule has 2 aromatic rings. The fraction of sp³-hybridized carbons (Fsp3) is 0.353. The van der Waals surface area contributed by atoms with E-state index < -0.39 is 16.0 Å². The van der Waals surface area contributed by atoms with Gasteiger partial charge in [-0.25, -0.2) is 17.8 Å². The van der Waals surface area contributed by atoms with Crippen molar-refractivity contribution in [2.45, 2.75) is 23.5 Å². The van der Waals surface area contributed by atoms with Crippen LogP contribution in [0.4, 0.5) is 10.1 Å². The minimum absolute atomic E-state index is 0.226. The number of alkyl halides is 1. The molecule has 25 heavy (non-hydrogen) atoms. The first-order valence-electron chi connectivity index (χ1n) is 8.03. The van der Waals surface area contributed by atoms with E-state index >= 15 is 0 Å². The summed E-state index contributed by atoms with van der Waals surface area (Å²) < 4.78 is 39.8. The van der Waals surface area contributed by atoms with Crippen molar-refractivity contribution in [2.24, 2.45) is 0 Å². The number of sulfone groups is 1. The van der Waals surface area contributed by atoms with Crippen molar-refractivity contribution >= 4 is 32.4 Å². The molecular weight excluding hydrogens is 361 g/mol. The number of benzene rings is 1. The van der Waals surface area contributed by atoms with Gasteiger partial charge in [0.25, 0.3) is 0 Å². The monoisotopic (exact) mass is 379 g/mol. The van der Waals surface area contributed by atoms with E-state index in [1.807, 2.05) is 17.3 Å². The molecule has 1 aromatic carbocycles. The summed E-state index contributed by atoms with van der Waals surface area (Å²) in [6.45, 7) is 1.13. The van der Waals surface area contributed by atoms with E-state index in [0.717, 1.165) is 6.54 Å². The molecule has 132 valence electrons. The van der Waals surface area contributed by atoms with Crippen LogP contribution in [0.2, 0.25) is 0 Å². The van der Waals surface area contributed by atoms with Crippen LogP contribution in [0.1, 0.15) is 17.7 Å². The van der Waals surface area contributed by atoms with E-state index in [4.69, 9.17) is 0 Å². The molecule has 0 aliphatic carbocycles. The van der Waals surface area contributed by atoms with Gasteiger partial charge in [-0.3, -0.25) is 0 Å². The topological polar surface area (TPSA) is 62.3 Å². The molecule has 0 bridgehead atoms. The lowest BCUT2D eigenvalue weighted by Gasteiger charge is -2.33. The van der Waals surface area contributed by atoms with Crippen LogP contribution in [0.15, 0.2) is 39.4 Å². The minimum Gasteiger partial charge on any atom is -0.378 e. The second kappa shape index (κ2) is 6.19. The highest BCUT2D eigenvalue weighted by Crippen LogP contribution is 2.41. The van der Waals surface area contributed by atoms with Crippen LogP contribution in [-0.4, -0.2) is 50.7 Å². The van der Waals surface area contributed by atoms with E-state index in [1.165, 1.54) is 16.7 Å². The molecule has 2 atom stereocenters. The number of likely N-dealkylation sites (tertiary alicyclic amines) is 1. The molecular formula is C17H18FN3O2S2. The standard InChI is InChI=1S/C17H18FN3O2S2/c1-21-6-5-14(13(18)7-21)20-15-4-2-3-11-12(16-8-24-10-19-16)9-25(22,23)17(11)15/h2-4,8-10,13-14,20H,5-7H2,1H3/t13-,14-/m1/s1. The molecule has 2 aliphatic rings. The third-order valence-electron chi connectivity index (χ3n) is 4.66. The number of piperidine rings is 1. The molecule has 3 heterocycles. The van der Waals surface area contributed by atoms with Gasteiger partial charge >= 0.3 is 0 Å². The van der Waals surface area contributed by atoms with E-state index in [-0.39, 0.29) is 10.9 Å². The smallest absolute Gasteiger partial charge is 0.203 e. The zero-order valence-electron chi connectivity index (χ0n) is 13.6. The molecule has 5 nitrogen and oxygen atoms in total. The number of halogens is 1. The van der Waals surface area contributed by atoms with Gasteiger partial charge < -0.3 is 10.2 Å². The van der Waals surface area contributed by atoms with Crippen LogP contribution in [0.3, 0.4) is 0 Å². The second-order valence-corrected chi connectivity index (χ2v) is 8.90. The Bertz CT molecular complexity index is 925. The van der Waals surface area contributed by atoms with E-state index in [1.54, 1.807) is 23.7 Å². The van der Waals surface area contributed by atoms with Gasteiger partial charge in [-0.15, -0.1) is 11.3 Å². The number of nitrogens with zero attached hydrogens (tertiary/aromatic N) is 2. The molecule has 8 heteroatoms. The number of fused-ring (bicyclic) bond motifs is 1. The number of aromatic nitrogens is 1. The second-order valence-electron chi connectivity index (χ2n) is 6.45. The number of nitrogens with one attached hydrogen (secondary N) is 1. The van der Waals surface area contributed by atoms with Crippen LogP contribution in [0.5, 0.6) is 0 Å². The molecule has 1 saturated heterocycles. The Balaban J connectivity index is 1.72. The van der Waals surface area contributed by atoms with E-state index in [0.29, 0.717) is 35.5 Å². The molecule has 0 spiro atoms. The quantitative estimate of drug-likeness (QED) is 0.889. The Labute approximate surface area is 150 Å². The summed E-state index contributed by atoms with van der Waals surface area (Å²) in [5, 5.41) is 6.23. The largest absolute Gasteiger partial charge is 0.378 e. The zero-order valence-corrected chi connectivity index (χ0v) is 15.3. The van der Waals surface area contributed by atoms with Gasteiger partial charge in [-0.2, -0.15) is 0 Å². The Hall–Kier alpha value is -1.77. The van der Waals surface area contributed by atoms with E-state index in [9.17, 15) is 12.8 Å². The van der Waals surface area contributed by atoms with E-state index in [2.05, 4.69) is 10.3 Å². The summed E-state index contributed by atoms with van der Waals surface area (Å²) in [7, 11) is -1.70. The van der Waals surface area contributed by atoms with Crippen LogP contribution in [-0.2, 0) is 9.84 Å². The van der Waals surface area contributed by atoms with Crippen LogP contribution < -0.4 is 5.32 Å². The van der Waals surface area contributed by atoms with Crippen molar-refractivity contribution in [3.05, 3.63) is 45.8 Å². The summed E-state index contributed by atoms with van der Waals surface area (Å²) in [5.41, 5.74) is 4.01. The normalized spacial score (nSPS) is 25.4. The van der Waals surface area contributed by atoms with Gasteiger partial charge in [0.2, 0.25) is 9.84 Å². The van der Waals surface area contributed by atoms with Crippen molar-refractivity contribution < 1.29 is 12.8 Å². The summed E-state index contributed by atoms with van der Waals surface area (Å²) in [4.78, 5) is 6.40. The molecule has 4 rings (SSSR count). The maximum atomic E-state index is 14.4. The number of hydrogen-bond acceptors (Lipinski definition) is 6. The van der Waals surface area contributed by atoms with Crippen molar-refractivity contribution in [1.82, 2.24) is 9.88 Å². The van der Waals surface area contributed by atoms with Crippen LogP contribution >= 0.6 is 11.3 Å². The molecule has 1 N–H and O–H groups in total. The maximum absolute atomic E-state index is 14.4. The minimum atomic E-state index is -3.58. The Morgan fingerprint density at radius 2 is 2.24 bits per heavy atom. The van der Waals surface area contributed by atoms with Crippen LogP contribution in [0, 0.1) is 0 Å². The predicted molar refractivity (Wildman–Crippen MR) is 97.2 cm³/mol. The number of hydrogen-bond donors (Lipinski definition) is 1. The molecule has 2 aliphatic heterocycles. The number of thiazole rings is 1. The zero-order chi connectivity index (χ0) is 17.6. The van der Waals surface area contributed by atoms with Gasteiger partial charge in [0.05, 0.1) is 22.9 Å². The molecule has 0 radical (unpaired) electrons. The fourth-order valence-electron chi connectivity index (χ4n) is 3.41. The Kier molecular flexibility index (Phi) is 4.13. The average Bonchev–Trinajstić information content (AvgIpc) is 3.17. The fourth-order valence-corrected chi connectivity index (χ4v) is 5.56. The number of rotatable bonds is 3. The third-order valence-corrected chi connectivity index (χ3v) is 6.80. The lowest BCUT2D eigenvalue weighted by atomic mass is 10.0. The Morgan fingerprint density at radius 3 is 2.96 bits per heavy atom. The highest BCUT2D eigenvalue weighted by atomic mass is 32.2. The molecule has 1 fully saturated rings. The first-order chi connectivity index (χ1) is 12.0. The van der Waals surface area contributed by atoms with Crippen LogP contribution in [0.25, 0.3) is 5.57 Å². The SMILES string of the molecule is CN1CC[C@@H](Nc2cccc3c2S(=O)(=O)C=C3c2cscn2)[C@H](F)C1. The maximum Gasteiger partial charge on any atom is 0.203 e. The Morgan fingerprint density at radius 1 is 1.40 bits per heavy atom. The van der Waals surface area contributed by atoms with Crippen molar-refractivity contribution in [2.75, 3.05) is 25.5 Å².